The highest BCUT2D eigenvalue weighted by Gasteiger charge is 2.07. The van der Waals surface area contributed by atoms with Gasteiger partial charge in [0.1, 0.15) is 5.03 Å². The number of halogens is 2. The van der Waals surface area contributed by atoms with E-state index in [1.54, 1.807) is 11.8 Å². The molecule has 1 atom stereocenters. The summed E-state index contributed by atoms with van der Waals surface area (Å²) in [6.07, 6.45) is 2.97. The van der Waals surface area contributed by atoms with Crippen molar-refractivity contribution < 1.29 is 0 Å². The molecule has 1 aromatic carbocycles. The third-order valence-corrected chi connectivity index (χ3v) is 4.73. The van der Waals surface area contributed by atoms with Gasteiger partial charge in [-0.2, -0.15) is 0 Å². The number of hydrogen-bond donors (Lipinski definition) is 1. The van der Waals surface area contributed by atoms with E-state index in [2.05, 4.69) is 30.2 Å². The molecule has 1 aromatic heterocycles. The number of hydrogen-bond acceptors (Lipinski definition) is 3. The first-order valence-corrected chi connectivity index (χ1v) is 8.49. The fraction of sp³-hybridized carbons (Fsp3) is 0.312. The van der Waals surface area contributed by atoms with Crippen LogP contribution in [0.25, 0.3) is 0 Å². The molecular formula is C16H18Cl2N2S. The molecule has 2 rings (SSSR count). The van der Waals surface area contributed by atoms with Crippen molar-refractivity contribution in [3.8, 4) is 0 Å². The minimum atomic E-state index is 0.320. The van der Waals surface area contributed by atoms with Gasteiger partial charge in [0.05, 0.1) is 10.0 Å². The topological polar surface area (TPSA) is 24.9 Å². The van der Waals surface area contributed by atoms with Gasteiger partial charge in [0.25, 0.3) is 0 Å². The van der Waals surface area contributed by atoms with Crippen LogP contribution in [0.4, 0.5) is 0 Å². The van der Waals surface area contributed by atoms with Crippen molar-refractivity contribution in [1.82, 2.24) is 10.3 Å². The van der Waals surface area contributed by atoms with Crippen molar-refractivity contribution >= 4 is 35.0 Å². The standard InChI is InChI=1S/C16H18Cl2N2S/c1-3-7-19-11(2)12-6-8-20-16(9-12)21-13-4-5-14(17)15(18)10-13/h4-6,8-11,19H,3,7H2,1-2H3. The van der Waals surface area contributed by atoms with Gasteiger partial charge in [-0.05, 0) is 55.8 Å². The summed E-state index contributed by atoms with van der Waals surface area (Å²) < 4.78 is 0. The molecule has 5 heteroatoms. The van der Waals surface area contributed by atoms with Gasteiger partial charge >= 0.3 is 0 Å². The van der Waals surface area contributed by atoms with Gasteiger partial charge in [-0.15, -0.1) is 0 Å². The summed E-state index contributed by atoms with van der Waals surface area (Å²) in [5, 5.41) is 5.57. The van der Waals surface area contributed by atoms with Crippen LogP contribution in [0.1, 0.15) is 31.9 Å². The van der Waals surface area contributed by atoms with Crippen LogP contribution in [0.2, 0.25) is 10.0 Å². The van der Waals surface area contributed by atoms with Crippen LogP contribution in [0.15, 0.2) is 46.5 Å². The molecule has 0 saturated heterocycles. The minimum Gasteiger partial charge on any atom is -0.310 e. The van der Waals surface area contributed by atoms with Crippen LogP contribution in [-0.2, 0) is 0 Å². The number of rotatable bonds is 6. The lowest BCUT2D eigenvalue weighted by Crippen LogP contribution is -2.19. The third-order valence-electron chi connectivity index (χ3n) is 3.07. The Morgan fingerprint density at radius 1 is 1.19 bits per heavy atom. The fourth-order valence-corrected chi connectivity index (χ4v) is 3.12. The van der Waals surface area contributed by atoms with Crippen LogP contribution in [0.3, 0.4) is 0 Å². The van der Waals surface area contributed by atoms with Crippen LogP contribution in [0, 0.1) is 0 Å². The van der Waals surface area contributed by atoms with Crippen LogP contribution in [-0.4, -0.2) is 11.5 Å². The van der Waals surface area contributed by atoms with Crippen molar-refractivity contribution in [2.45, 2.75) is 36.2 Å². The maximum Gasteiger partial charge on any atom is 0.101 e. The average molecular weight is 341 g/mol. The van der Waals surface area contributed by atoms with Crippen molar-refractivity contribution in [2.24, 2.45) is 0 Å². The average Bonchev–Trinajstić information content (AvgIpc) is 2.49. The fourth-order valence-electron chi connectivity index (χ4n) is 1.89. The highest BCUT2D eigenvalue weighted by atomic mass is 35.5. The maximum absolute atomic E-state index is 6.04. The molecule has 21 heavy (non-hydrogen) atoms. The Morgan fingerprint density at radius 2 is 2.00 bits per heavy atom. The lowest BCUT2D eigenvalue weighted by Gasteiger charge is -2.14. The minimum absolute atomic E-state index is 0.320. The first-order chi connectivity index (χ1) is 10.1. The van der Waals surface area contributed by atoms with Gasteiger partial charge in [0.2, 0.25) is 0 Å². The van der Waals surface area contributed by atoms with Crippen LogP contribution in [0.5, 0.6) is 0 Å². The van der Waals surface area contributed by atoms with Crippen LogP contribution >= 0.6 is 35.0 Å². The normalized spacial score (nSPS) is 12.4. The van der Waals surface area contributed by atoms with Gasteiger partial charge < -0.3 is 5.32 Å². The van der Waals surface area contributed by atoms with Crippen molar-refractivity contribution in [1.29, 1.82) is 0 Å². The molecule has 2 nitrogen and oxygen atoms in total. The molecule has 0 fully saturated rings. The number of nitrogens with one attached hydrogen (secondary N) is 1. The molecule has 112 valence electrons. The molecule has 0 saturated carbocycles. The van der Waals surface area contributed by atoms with E-state index in [9.17, 15) is 0 Å². The lowest BCUT2D eigenvalue weighted by atomic mass is 10.1. The summed E-state index contributed by atoms with van der Waals surface area (Å²) in [6.45, 7) is 5.34. The quantitative estimate of drug-likeness (QED) is 0.740. The van der Waals surface area contributed by atoms with Gasteiger partial charge in [-0.1, -0.05) is 41.9 Å². The Hall–Kier alpha value is -0.740. The second kappa shape index (κ2) is 8.04. The van der Waals surface area contributed by atoms with Crippen molar-refractivity contribution in [3.63, 3.8) is 0 Å². The first-order valence-electron chi connectivity index (χ1n) is 6.92. The summed E-state index contributed by atoms with van der Waals surface area (Å²) >= 11 is 13.6. The predicted octanol–water partition coefficient (Wildman–Crippen LogP) is 5.60. The van der Waals surface area contributed by atoms with E-state index in [0.29, 0.717) is 16.1 Å². The van der Waals surface area contributed by atoms with Gasteiger partial charge in [-0.3, -0.25) is 0 Å². The second-order valence-electron chi connectivity index (χ2n) is 4.78. The molecule has 2 aromatic rings. The lowest BCUT2D eigenvalue weighted by molar-refractivity contribution is 0.569. The van der Waals surface area contributed by atoms with E-state index in [1.165, 1.54) is 5.56 Å². The van der Waals surface area contributed by atoms with Crippen molar-refractivity contribution in [2.75, 3.05) is 6.54 Å². The van der Waals surface area contributed by atoms with E-state index in [0.717, 1.165) is 22.9 Å². The molecule has 0 aliphatic carbocycles. The van der Waals surface area contributed by atoms with Crippen molar-refractivity contribution in [3.05, 3.63) is 52.1 Å². The Labute approximate surface area is 140 Å². The smallest absolute Gasteiger partial charge is 0.101 e. The highest BCUT2D eigenvalue weighted by molar-refractivity contribution is 7.99. The van der Waals surface area contributed by atoms with E-state index >= 15 is 0 Å². The van der Waals surface area contributed by atoms with E-state index in [1.807, 2.05) is 30.5 Å². The summed E-state index contributed by atoms with van der Waals surface area (Å²) in [4.78, 5) is 5.44. The van der Waals surface area contributed by atoms with Crippen LogP contribution < -0.4 is 5.32 Å². The zero-order valence-electron chi connectivity index (χ0n) is 12.1. The zero-order chi connectivity index (χ0) is 15.2. The van der Waals surface area contributed by atoms with E-state index in [-0.39, 0.29) is 0 Å². The molecule has 1 unspecified atom stereocenters. The Balaban J connectivity index is 2.11. The summed E-state index contributed by atoms with van der Waals surface area (Å²) in [6, 6.07) is 10.1. The molecule has 0 aliphatic heterocycles. The Kier molecular flexibility index (Phi) is 6.37. The van der Waals surface area contributed by atoms with Gasteiger partial charge in [0, 0.05) is 17.1 Å². The van der Waals surface area contributed by atoms with E-state index in [4.69, 9.17) is 23.2 Å². The Morgan fingerprint density at radius 3 is 2.71 bits per heavy atom. The second-order valence-corrected chi connectivity index (χ2v) is 6.69. The molecule has 0 amide bonds. The monoisotopic (exact) mass is 340 g/mol. The molecule has 1 N–H and O–H groups in total. The highest BCUT2D eigenvalue weighted by Crippen LogP contribution is 2.32. The zero-order valence-corrected chi connectivity index (χ0v) is 14.4. The molecule has 0 spiro atoms. The molecule has 0 aliphatic rings. The number of nitrogens with zero attached hydrogens (tertiary/aromatic N) is 1. The molecule has 1 heterocycles. The van der Waals surface area contributed by atoms with Gasteiger partial charge in [0.15, 0.2) is 0 Å². The number of aromatic nitrogens is 1. The Bertz CT molecular complexity index is 605. The molecule has 0 bridgehead atoms. The number of benzene rings is 1. The largest absolute Gasteiger partial charge is 0.310 e. The summed E-state index contributed by atoms with van der Waals surface area (Å²) in [7, 11) is 0. The maximum atomic E-state index is 6.04. The van der Waals surface area contributed by atoms with E-state index < -0.39 is 0 Å². The third kappa shape index (κ3) is 4.89. The first kappa shape index (κ1) is 16.6. The van der Waals surface area contributed by atoms with Gasteiger partial charge in [-0.25, -0.2) is 4.98 Å². The number of pyridine rings is 1. The molecular weight excluding hydrogens is 323 g/mol. The predicted molar refractivity (Wildman–Crippen MR) is 91.5 cm³/mol. The summed E-state index contributed by atoms with van der Waals surface area (Å²) in [5.74, 6) is 0. The summed E-state index contributed by atoms with van der Waals surface area (Å²) in [5.41, 5.74) is 1.24. The molecule has 0 radical (unpaired) electrons. The SMILES string of the molecule is CCCNC(C)c1ccnc(Sc2ccc(Cl)c(Cl)c2)c1.